The molecule has 1 amide bonds. The number of esters is 1. The van der Waals surface area contributed by atoms with Crippen molar-refractivity contribution in [3.63, 3.8) is 0 Å². The van der Waals surface area contributed by atoms with Crippen LogP contribution in [0.15, 0.2) is 103 Å². The fourth-order valence-corrected chi connectivity index (χ4v) is 6.62. The lowest BCUT2D eigenvalue weighted by Crippen LogP contribution is -2.53. The zero-order valence-corrected chi connectivity index (χ0v) is 24.0. The van der Waals surface area contributed by atoms with Crippen LogP contribution < -0.4 is 5.32 Å². The first-order chi connectivity index (χ1) is 20.5. The number of rotatable bonds is 11. The van der Waals surface area contributed by atoms with Crippen LogP contribution in [0.25, 0.3) is 10.8 Å². The van der Waals surface area contributed by atoms with Gasteiger partial charge in [0.1, 0.15) is 19.2 Å². The molecule has 0 radical (unpaired) electrons. The first-order valence-electron chi connectivity index (χ1n) is 14.1. The minimum Gasteiger partial charge on any atom is -0.480 e. The lowest BCUT2D eigenvalue weighted by Gasteiger charge is -2.27. The second-order valence-electron chi connectivity index (χ2n) is 10.4. The van der Waals surface area contributed by atoms with Gasteiger partial charge in [-0.25, -0.2) is 0 Å². The van der Waals surface area contributed by atoms with Gasteiger partial charge < -0.3 is 14.7 Å². The lowest BCUT2D eigenvalue weighted by molar-refractivity contribution is -0.149. The smallest absolute Gasteiger partial charge is 0.323 e. The highest BCUT2D eigenvalue weighted by Crippen LogP contribution is 2.37. The van der Waals surface area contributed by atoms with E-state index in [2.05, 4.69) is 11.4 Å². The normalized spacial score (nSPS) is 17.9. The molecule has 1 aliphatic rings. The molecule has 8 heteroatoms. The Morgan fingerprint density at radius 2 is 1.57 bits per heavy atom. The van der Waals surface area contributed by atoms with Gasteiger partial charge in [-0.3, -0.25) is 19.7 Å². The molecule has 4 aromatic carbocycles. The summed E-state index contributed by atoms with van der Waals surface area (Å²) in [5.74, 6) is -1.45. The molecule has 3 unspecified atom stereocenters. The third kappa shape index (κ3) is 7.57. The number of aliphatic carboxylic acids is 1. The van der Waals surface area contributed by atoms with Gasteiger partial charge in [-0.1, -0.05) is 103 Å². The Kier molecular flexibility index (Phi) is 9.90. The largest absolute Gasteiger partial charge is 0.480 e. The predicted molar refractivity (Wildman–Crippen MR) is 165 cm³/mol. The monoisotopic (exact) mass is 582 g/mol. The van der Waals surface area contributed by atoms with E-state index >= 15 is 0 Å². The molecule has 0 saturated carbocycles. The van der Waals surface area contributed by atoms with Crippen molar-refractivity contribution in [2.24, 2.45) is 0 Å². The number of fused-ring (bicyclic) bond motifs is 1. The number of carboxylic acid groups (broad SMARTS) is 1. The van der Waals surface area contributed by atoms with Gasteiger partial charge in [0.05, 0.1) is 6.04 Å². The number of thioether (sulfide) groups is 1. The summed E-state index contributed by atoms with van der Waals surface area (Å²) in [5.41, 5.74) is 3.01. The number of aryl methyl sites for hydroxylation is 1. The van der Waals surface area contributed by atoms with E-state index in [1.54, 1.807) is 11.8 Å². The topological polar surface area (TPSA) is 95.9 Å². The van der Waals surface area contributed by atoms with E-state index in [0.717, 1.165) is 27.5 Å². The zero-order valence-electron chi connectivity index (χ0n) is 23.2. The summed E-state index contributed by atoms with van der Waals surface area (Å²) in [6.07, 6.45) is 1.04. The van der Waals surface area contributed by atoms with Gasteiger partial charge in [-0.2, -0.15) is 0 Å². The van der Waals surface area contributed by atoms with Crippen LogP contribution in [0.5, 0.6) is 0 Å². The highest BCUT2D eigenvalue weighted by Gasteiger charge is 2.36. The fraction of sp³-hybridized carbons (Fsp3) is 0.265. The molecule has 2 N–H and O–H groups in total. The van der Waals surface area contributed by atoms with E-state index in [1.165, 1.54) is 4.90 Å². The third-order valence-electron chi connectivity index (χ3n) is 7.43. The van der Waals surface area contributed by atoms with Gasteiger partial charge >= 0.3 is 11.9 Å². The van der Waals surface area contributed by atoms with E-state index in [1.807, 2.05) is 97.1 Å². The minimum atomic E-state index is -1.08. The van der Waals surface area contributed by atoms with Crippen molar-refractivity contribution in [1.29, 1.82) is 0 Å². The summed E-state index contributed by atoms with van der Waals surface area (Å²) >= 11 is 1.60. The van der Waals surface area contributed by atoms with E-state index in [9.17, 15) is 19.5 Å². The number of hydrogen-bond acceptors (Lipinski definition) is 6. The van der Waals surface area contributed by atoms with Gasteiger partial charge in [0.25, 0.3) is 0 Å². The van der Waals surface area contributed by atoms with Crippen LogP contribution in [0.4, 0.5) is 0 Å². The number of hydrogen-bond donors (Lipinski definition) is 2. The van der Waals surface area contributed by atoms with Gasteiger partial charge in [-0.15, -0.1) is 11.8 Å². The summed E-state index contributed by atoms with van der Waals surface area (Å²) < 4.78 is 5.69. The van der Waals surface area contributed by atoms with E-state index in [0.29, 0.717) is 18.6 Å². The Bertz CT molecular complexity index is 1510. The maximum Gasteiger partial charge on any atom is 0.323 e. The molecule has 42 heavy (non-hydrogen) atoms. The molecular weight excluding hydrogens is 548 g/mol. The highest BCUT2D eigenvalue weighted by molar-refractivity contribution is 7.99. The van der Waals surface area contributed by atoms with E-state index < -0.39 is 30.6 Å². The van der Waals surface area contributed by atoms with Crippen LogP contribution >= 0.6 is 11.8 Å². The molecule has 0 aromatic heterocycles. The van der Waals surface area contributed by atoms with Crippen LogP contribution in [0.1, 0.15) is 28.4 Å². The average molecular weight is 583 g/mol. The Labute approximate surface area is 249 Å². The maximum absolute atomic E-state index is 13.8. The van der Waals surface area contributed by atoms with Crippen LogP contribution in [0.3, 0.4) is 0 Å². The number of ether oxygens (including phenoxy) is 1. The molecule has 1 heterocycles. The zero-order chi connectivity index (χ0) is 29.3. The summed E-state index contributed by atoms with van der Waals surface area (Å²) in [6.45, 7) is -0.0219. The third-order valence-corrected chi connectivity index (χ3v) is 8.76. The van der Waals surface area contributed by atoms with Crippen molar-refractivity contribution >= 4 is 40.4 Å². The number of carboxylic acids is 1. The molecule has 0 spiro atoms. The molecule has 216 valence electrons. The summed E-state index contributed by atoms with van der Waals surface area (Å²) in [5, 5.41) is 15.0. The fourth-order valence-electron chi connectivity index (χ4n) is 5.29. The standard InChI is InChI=1S/C34H34N2O5S/c37-32(38)21-36-20-31(28-17-9-15-26-14-7-8-16-27(26)28)42-23-30(33(36)39)35-29(19-18-24-10-3-1-4-11-24)34(40)41-22-25-12-5-2-6-13-25/h1-17,29-31,35H,18-23H2,(H,37,38). The van der Waals surface area contributed by atoms with Gasteiger partial charge in [0.2, 0.25) is 5.91 Å². The maximum atomic E-state index is 13.8. The molecule has 0 bridgehead atoms. The molecule has 1 fully saturated rings. The van der Waals surface area contributed by atoms with Crippen molar-refractivity contribution in [2.45, 2.75) is 36.8 Å². The van der Waals surface area contributed by atoms with Crippen LogP contribution in [0, 0.1) is 0 Å². The Hall–Kier alpha value is -4.14. The second kappa shape index (κ2) is 14.2. The average Bonchev–Trinajstić information content (AvgIpc) is 3.16. The van der Waals surface area contributed by atoms with E-state index in [-0.39, 0.29) is 24.3 Å². The number of amides is 1. The molecule has 4 aromatic rings. The van der Waals surface area contributed by atoms with Crippen molar-refractivity contribution < 1.29 is 24.2 Å². The highest BCUT2D eigenvalue weighted by atomic mass is 32.2. The van der Waals surface area contributed by atoms with Crippen molar-refractivity contribution in [3.05, 3.63) is 120 Å². The van der Waals surface area contributed by atoms with Gasteiger partial charge in [-0.05, 0) is 40.3 Å². The van der Waals surface area contributed by atoms with Gasteiger partial charge in [0, 0.05) is 17.5 Å². The molecule has 1 aliphatic heterocycles. The van der Waals surface area contributed by atoms with Crippen LogP contribution in [0.2, 0.25) is 0 Å². The van der Waals surface area contributed by atoms with Crippen molar-refractivity contribution in [1.82, 2.24) is 10.2 Å². The number of nitrogens with zero attached hydrogens (tertiary/aromatic N) is 1. The quantitative estimate of drug-likeness (QED) is 0.234. The molecular formula is C34H34N2O5S. The molecule has 7 nitrogen and oxygen atoms in total. The second-order valence-corrected chi connectivity index (χ2v) is 11.6. The molecule has 5 rings (SSSR count). The summed E-state index contributed by atoms with van der Waals surface area (Å²) in [6, 6.07) is 32.0. The Morgan fingerprint density at radius 3 is 2.31 bits per heavy atom. The first-order valence-corrected chi connectivity index (χ1v) is 15.1. The number of carbonyl (C=O) groups excluding carboxylic acids is 2. The number of carbonyl (C=O) groups is 3. The summed E-state index contributed by atoms with van der Waals surface area (Å²) in [7, 11) is 0. The Balaban J connectivity index is 1.37. The Morgan fingerprint density at radius 1 is 0.905 bits per heavy atom. The molecule has 0 aliphatic carbocycles. The molecule has 1 saturated heterocycles. The molecule has 3 atom stereocenters. The predicted octanol–water partition coefficient (Wildman–Crippen LogP) is 5.24. The number of benzene rings is 4. The van der Waals surface area contributed by atoms with Crippen LogP contribution in [-0.4, -0.2) is 58.8 Å². The van der Waals surface area contributed by atoms with Gasteiger partial charge in [0.15, 0.2) is 0 Å². The van der Waals surface area contributed by atoms with E-state index in [4.69, 9.17) is 4.74 Å². The number of nitrogens with one attached hydrogen (secondary N) is 1. The summed E-state index contributed by atoms with van der Waals surface area (Å²) in [4.78, 5) is 40.4. The van der Waals surface area contributed by atoms with Crippen molar-refractivity contribution in [2.75, 3.05) is 18.8 Å². The SMILES string of the molecule is O=C(O)CN1CC(c2cccc3ccccc23)SCC(NC(CCc2ccccc2)C(=O)OCc2ccccc2)C1=O. The minimum absolute atomic E-state index is 0.126. The van der Waals surface area contributed by atoms with Crippen molar-refractivity contribution in [3.8, 4) is 0 Å². The van der Waals surface area contributed by atoms with Crippen LogP contribution in [-0.2, 0) is 32.1 Å². The lowest BCUT2D eigenvalue weighted by atomic mass is 10.0. The first kappa shape index (κ1) is 29.4.